The predicted octanol–water partition coefficient (Wildman–Crippen LogP) is 3.75. The summed E-state index contributed by atoms with van der Waals surface area (Å²) in [5.74, 6) is 0.719. The Morgan fingerprint density at radius 1 is 1.18 bits per heavy atom. The molecule has 0 saturated carbocycles. The van der Waals surface area contributed by atoms with Crippen molar-refractivity contribution in [2.45, 2.75) is 39.7 Å². The van der Waals surface area contributed by atoms with E-state index in [2.05, 4.69) is 55.8 Å². The molecule has 88 valence electrons. The van der Waals surface area contributed by atoms with E-state index in [0.29, 0.717) is 0 Å². The molecule has 1 unspecified atom stereocenters. The van der Waals surface area contributed by atoms with Crippen molar-refractivity contribution in [3.8, 4) is 0 Å². The maximum atomic E-state index is 2.42. The molecule has 1 heterocycles. The topological polar surface area (TPSA) is 4.93 Å². The lowest BCUT2D eigenvalue weighted by atomic mass is 9.77. The molecule has 0 spiro atoms. The van der Waals surface area contributed by atoms with Crippen LogP contribution in [0.2, 0.25) is 0 Å². The summed E-state index contributed by atoms with van der Waals surface area (Å²) in [6.07, 6.45) is 3.54. The summed E-state index contributed by atoms with van der Waals surface area (Å²) in [4.78, 5) is 0. The van der Waals surface area contributed by atoms with E-state index < -0.39 is 0 Å². The molecule has 1 aliphatic rings. The van der Waals surface area contributed by atoms with Gasteiger partial charge in [-0.15, -0.1) is 0 Å². The summed E-state index contributed by atoms with van der Waals surface area (Å²) in [6.45, 7) is 7.79. The zero-order valence-corrected chi connectivity index (χ0v) is 10.8. The van der Waals surface area contributed by atoms with Crippen LogP contribution in [0.4, 0.5) is 0 Å². The molecule has 3 rings (SSSR count). The third-order valence-corrected chi connectivity index (χ3v) is 4.29. The average Bonchev–Trinajstić information content (AvgIpc) is 2.54. The van der Waals surface area contributed by atoms with E-state index >= 15 is 0 Å². The number of aryl methyl sites for hydroxylation is 1. The standard InChI is InChI=1S/C16H19N/c1-11-9-17(13(3)12(11)2)10-15-8-14-6-4-5-7-16(14)15/h4-7,9,15H,8,10H2,1-3H3. The highest BCUT2D eigenvalue weighted by molar-refractivity contribution is 5.40. The number of benzene rings is 1. The van der Waals surface area contributed by atoms with Gasteiger partial charge in [0.1, 0.15) is 0 Å². The van der Waals surface area contributed by atoms with Crippen molar-refractivity contribution in [2.24, 2.45) is 0 Å². The van der Waals surface area contributed by atoms with Crippen LogP contribution in [-0.4, -0.2) is 4.57 Å². The first-order chi connectivity index (χ1) is 8.16. The Morgan fingerprint density at radius 2 is 1.94 bits per heavy atom. The van der Waals surface area contributed by atoms with Crippen LogP contribution in [0.3, 0.4) is 0 Å². The van der Waals surface area contributed by atoms with E-state index in [1.807, 2.05) is 0 Å². The van der Waals surface area contributed by atoms with Crippen LogP contribution in [0.5, 0.6) is 0 Å². The maximum absolute atomic E-state index is 2.42. The number of aromatic nitrogens is 1. The summed E-state index contributed by atoms with van der Waals surface area (Å²) in [6, 6.07) is 8.83. The SMILES string of the molecule is Cc1cn(CC2Cc3ccccc32)c(C)c1C. The normalized spacial score (nSPS) is 17.7. The summed E-state index contributed by atoms with van der Waals surface area (Å²) in [5, 5.41) is 0. The minimum atomic E-state index is 0.719. The monoisotopic (exact) mass is 225 g/mol. The fourth-order valence-electron chi connectivity index (χ4n) is 2.88. The van der Waals surface area contributed by atoms with Crippen molar-refractivity contribution in [1.29, 1.82) is 0 Å². The lowest BCUT2D eigenvalue weighted by Crippen LogP contribution is -2.22. The van der Waals surface area contributed by atoms with Gasteiger partial charge in [0.15, 0.2) is 0 Å². The van der Waals surface area contributed by atoms with Gasteiger partial charge in [0.25, 0.3) is 0 Å². The Labute approximate surface area is 103 Å². The van der Waals surface area contributed by atoms with Crippen LogP contribution >= 0.6 is 0 Å². The second kappa shape index (κ2) is 3.76. The zero-order chi connectivity index (χ0) is 12.0. The molecular formula is C16H19N. The van der Waals surface area contributed by atoms with Crippen molar-refractivity contribution in [3.05, 3.63) is 58.4 Å². The fraction of sp³-hybridized carbons (Fsp3) is 0.375. The van der Waals surface area contributed by atoms with Gasteiger partial charge in [0.2, 0.25) is 0 Å². The van der Waals surface area contributed by atoms with Crippen LogP contribution in [0.25, 0.3) is 0 Å². The van der Waals surface area contributed by atoms with Crippen LogP contribution in [-0.2, 0) is 13.0 Å². The molecule has 0 saturated heterocycles. The largest absolute Gasteiger partial charge is 0.351 e. The lowest BCUT2D eigenvalue weighted by molar-refractivity contribution is 0.503. The number of hydrogen-bond donors (Lipinski definition) is 0. The molecule has 0 fully saturated rings. The van der Waals surface area contributed by atoms with Gasteiger partial charge in [-0.25, -0.2) is 0 Å². The third-order valence-electron chi connectivity index (χ3n) is 4.29. The van der Waals surface area contributed by atoms with Gasteiger partial charge in [-0.05, 0) is 49.4 Å². The quantitative estimate of drug-likeness (QED) is 0.733. The Bertz CT molecular complexity index is 563. The first-order valence-electron chi connectivity index (χ1n) is 6.37. The predicted molar refractivity (Wildman–Crippen MR) is 71.5 cm³/mol. The van der Waals surface area contributed by atoms with Crippen molar-refractivity contribution >= 4 is 0 Å². The van der Waals surface area contributed by atoms with Gasteiger partial charge in [0, 0.05) is 24.4 Å². The summed E-state index contributed by atoms with van der Waals surface area (Å²) in [5.41, 5.74) is 7.37. The fourth-order valence-corrected chi connectivity index (χ4v) is 2.88. The number of rotatable bonds is 2. The van der Waals surface area contributed by atoms with Crippen molar-refractivity contribution < 1.29 is 0 Å². The van der Waals surface area contributed by atoms with E-state index in [0.717, 1.165) is 12.5 Å². The molecule has 1 aromatic heterocycles. The Kier molecular flexibility index (Phi) is 2.36. The van der Waals surface area contributed by atoms with E-state index in [4.69, 9.17) is 0 Å². The van der Waals surface area contributed by atoms with E-state index in [-0.39, 0.29) is 0 Å². The molecule has 2 aromatic rings. The Balaban J connectivity index is 1.84. The third kappa shape index (κ3) is 1.61. The molecule has 17 heavy (non-hydrogen) atoms. The zero-order valence-electron chi connectivity index (χ0n) is 10.8. The maximum Gasteiger partial charge on any atom is 0.0294 e. The smallest absolute Gasteiger partial charge is 0.0294 e. The molecule has 1 aromatic carbocycles. The summed E-state index contributed by atoms with van der Waals surface area (Å²) < 4.78 is 2.42. The van der Waals surface area contributed by atoms with Gasteiger partial charge in [0.05, 0.1) is 0 Å². The second-order valence-electron chi connectivity index (χ2n) is 5.27. The minimum Gasteiger partial charge on any atom is -0.351 e. The Morgan fingerprint density at radius 3 is 2.59 bits per heavy atom. The van der Waals surface area contributed by atoms with Crippen LogP contribution < -0.4 is 0 Å². The number of nitrogens with zero attached hydrogens (tertiary/aromatic N) is 1. The van der Waals surface area contributed by atoms with Gasteiger partial charge in [-0.1, -0.05) is 24.3 Å². The first kappa shape index (κ1) is 10.6. The molecule has 1 heteroatoms. The van der Waals surface area contributed by atoms with E-state index in [1.54, 1.807) is 5.56 Å². The molecule has 0 amide bonds. The molecule has 1 atom stereocenters. The lowest BCUT2D eigenvalue weighted by Gasteiger charge is -2.30. The molecule has 0 radical (unpaired) electrons. The van der Waals surface area contributed by atoms with Crippen molar-refractivity contribution in [3.63, 3.8) is 0 Å². The summed E-state index contributed by atoms with van der Waals surface area (Å²) in [7, 11) is 0. The van der Waals surface area contributed by atoms with E-state index in [1.165, 1.54) is 28.8 Å². The minimum absolute atomic E-state index is 0.719. The van der Waals surface area contributed by atoms with E-state index in [9.17, 15) is 0 Å². The second-order valence-corrected chi connectivity index (χ2v) is 5.27. The van der Waals surface area contributed by atoms with Crippen LogP contribution in [0.1, 0.15) is 33.9 Å². The highest BCUT2D eigenvalue weighted by Gasteiger charge is 2.25. The molecule has 0 bridgehead atoms. The van der Waals surface area contributed by atoms with Crippen molar-refractivity contribution in [1.82, 2.24) is 4.57 Å². The molecular weight excluding hydrogens is 206 g/mol. The van der Waals surface area contributed by atoms with Crippen LogP contribution in [0.15, 0.2) is 30.5 Å². The van der Waals surface area contributed by atoms with Crippen LogP contribution in [0, 0.1) is 20.8 Å². The molecule has 0 aliphatic heterocycles. The molecule has 0 N–H and O–H groups in total. The summed E-state index contributed by atoms with van der Waals surface area (Å²) >= 11 is 0. The first-order valence-corrected chi connectivity index (χ1v) is 6.37. The molecule has 1 nitrogen and oxygen atoms in total. The van der Waals surface area contributed by atoms with Gasteiger partial charge < -0.3 is 4.57 Å². The average molecular weight is 225 g/mol. The number of hydrogen-bond acceptors (Lipinski definition) is 0. The molecule has 1 aliphatic carbocycles. The van der Waals surface area contributed by atoms with Gasteiger partial charge in [-0.2, -0.15) is 0 Å². The highest BCUT2D eigenvalue weighted by Crippen LogP contribution is 2.36. The van der Waals surface area contributed by atoms with Gasteiger partial charge in [-0.3, -0.25) is 0 Å². The van der Waals surface area contributed by atoms with Crippen molar-refractivity contribution in [2.75, 3.05) is 0 Å². The van der Waals surface area contributed by atoms with Gasteiger partial charge >= 0.3 is 0 Å². The Hall–Kier alpha value is -1.50. The number of fused-ring (bicyclic) bond motifs is 1. The highest BCUT2D eigenvalue weighted by atomic mass is 15.0.